The van der Waals surface area contributed by atoms with Crippen molar-refractivity contribution in [3.63, 3.8) is 0 Å². The number of nitrogens with zero attached hydrogens (tertiary/aromatic N) is 1. The Kier molecular flexibility index (Phi) is 4.18. The fourth-order valence-corrected chi connectivity index (χ4v) is 2.51. The van der Waals surface area contributed by atoms with Crippen LogP contribution in [0.2, 0.25) is 5.02 Å². The average Bonchev–Trinajstić information content (AvgIpc) is 2.69. The predicted octanol–water partition coefficient (Wildman–Crippen LogP) is 2.55. The minimum Gasteiger partial charge on any atom is -0.481 e. The van der Waals surface area contributed by atoms with Gasteiger partial charge in [-0.25, -0.2) is 9.78 Å². The minimum absolute atomic E-state index is 0.0674. The first kappa shape index (κ1) is 13.6. The van der Waals surface area contributed by atoms with E-state index < -0.39 is 12.0 Å². The second-order valence-electron chi connectivity index (χ2n) is 3.66. The third-order valence-electron chi connectivity index (χ3n) is 2.20. The van der Waals surface area contributed by atoms with Crippen molar-refractivity contribution in [1.29, 1.82) is 0 Å². The van der Waals surface area contributed by atoms with Gasteiger partial charge in [0.25, 0.3) is 0 Å². The number of aliphatic carboxylic acids is 1. The van der Waals surface area contributed by atoms with Gasteiger partial charge < -0.3 is 10.4 Å². The van der Waals surface area contributed by atoms with E-state index in [1.54, 1.807) is 18.2 Å². The van der Waals surface area contributed by atoms with Gasteiger partial charge in [0, 0.05) is 11.6 Å². The molecule has 0 radical (unpaired) electrons. The standard InChI is InChI=1S/C11H10ClN3O3S/c12-6-1-2-7-8(5-6)19-11(14-7)15-10(18)13-4-3-9(16)17/h1-2,5H,3-4H2,(H,16,17)(H2,13,14,15,18). The minimum atomic E-state index is -0.963. The number of hydrogen-bond donors (Lipinski definition) is 3. The van der Waals surface area contributed by atoms with Gasteiger partial charge in [0.2, 0.25) is 0 Å². The van der Waals surface area contributed by atoms with Gasteiger partial charge in [-0.2, -0.15) is 0 Å². The highest BCUT2D eigenvalue weighted by molar-refractivity contribution is 7.22. The maximum absolute atomic E-state index is 11.5. The van der Waals surface area contributed by atoms with Gasteiger partial charge in [-0.1, -0.05) is 22.9 Å². The second-order valence-corrected chi connectivity index (χ2v) is 5.12. The van der Waals surface area contributed by atoms with Crippen LogP contribution in [-0.4, -0.2) is 28.6 Å². The number of aromatic nitrogens is 1. The second kappa shape index (κ2) is 5.85. The Hall–Kier alpha value is -1.86. The molecular formula is C11H10ClN3O3S. The molecule has 0 atom stereocenters. The van der Waals surface area contributed by atoms with Crippen LogP contribution in [0.3, 0.4) is 0 Å². The molecular weight excluding hydrogens is 290 g/mol. The molecule has 0 aliphatic heterocycles. The monoisotopic (exact) mass is 299 g/mol. The lowest BCUT2D eigenvalue weighted by Gasteiger charge is -2.02. The molecule has 19 heavy (non-hydrogen) atoms. The van der Waals surface area contributed by atoms with Crippen molar-refractivity contribution < 1.29 is 14.7 Å². The summed E-state index contributed by atoms with van der Waals surface area (Å²) in [5.41, 5.74) is 0.746. The number of carbonyl (C=O) groups excluding carboxylic acids is 1. The molecule has 2 rings (SSSR count). The largest absolute Gasteiger partial charge is 0.481 e. The summed E-state index contributed by atoms with van der Waals surface area (Å²) in [4.78, 5) is 26.0. The molecule has 0 bridgehead atoms. The van der Waals surface area contributed by atoms with Crippen LogP contribution < -0.4 is 10.6 Å². The van der Waals surface area contributed by atoms with Crippen LogP contribution in [0.5, 0.6) is 0 Å². The van der Waals surface area contributed by atoms with E-state index in [0.717, 1.165) is 10.2 Å². The Balaban J connectivity index is 1.97. The number of anilines is 1. The fraction of sp³-hybridized carbons (Fsp3) is 0.182. The van der Waals surface area contributed by atoms with Gasteiger partial charge in [-0.3, -0.25) is 10.1 Å². The molecule has 2 amide bonds. The number of carboxylic acids is 1. The van der Waals surface area contributed by atoms with E-state index >= 15 is 0 Å². The van der Waals surface area contributed by atoms with Crippen LogP contribution in [-0.2, 0) is 4.79 Å². The molecule has 3 N–H and O–H groups in total. The van der Waals surface area contributed by atoms with E-state index in [1.165, 1.54) is 11.3 Å². The normalized spacial score (nSPS) is 10.4. The maximum Gasteiger partial charge on any atom is 0.321 e. The lowest BCUT2D eigenvalue weighted by molar-refractivity contribution is -0.136. The molecule has 1 aromatic heterocycles. The number of nitrogens with one attached hydrogen (secondary N) is 2. The Morgan fingerprint density at radius 2 is 2.21 bits per heavy atom. The van der Waals surface area contributed by atoms with E-state index in [4.69, 9.17) is 16.7 Å². The molecule has 0 aliphatic rings. The van der Waals surface area contributed by atoms with Crippen molar-refractivity contribution in [2.24, 2.45) is 0 Å². The summed E-state index contributed by atoms with van der Waals surface area (Å²) < 4.78 is 0.869. The first-order valence-electron chi connectivity index (χ1n) is 5.37. The van der Waals surface area contributed by atoms with Crippen molar-refractivity contribution in [3.05, 3.63) is 23.2 Å². The summed E-state index contributed by atoms with van der Waals surface area (Å²) in [6.45, 7) is 0.0674. The molecule has 8 heteroatoms. The van der Waals surface area contributed by atoms with Crippen molar-refractivity contribution >= 4 is 50.3 Å². The highest BCUT2D eigenvalue weighted by Crippen LogP contribution is 2.28. The van der Waals surface area contributed by atoms with E-state index in [2.05, 4.69) is 15.6 Å². The van der Waals surface area contributed by atoms with Gasteiger partial charge in [0.1, 0.15) is 0 Å². The zero-order valence-corrected chi connectivity index (χ0v) is 11.2. The maximum atomic E-state index is 11.5. The van der Waals surface area contributed by atoms with Crippen molar-refractivity contribution in [3.8, 4) is 0 Å². The van der Waals surface area contributed by atoms with Crippen LogP contribution in [0, 0.1) is 0 Å². The highest BCUT2D eigenvalue weighted by atomic mass is 35.5. The summed E-state index contributed by atoms with van der Waals surface area (Å²) in [5, 5.41) is 14.5. The topological polar surface area (TPSA) is 91.3 Å². The molecule has 1 aromatic carbocycles. The molecule has 0 unspecified atom stereocenters. The lowest BCUT2D eigenvalue weighted by atomic mass is 10.3. The fourth-order valence-electron chi connectivity index (χ4n) is 1.38. The number of rotatable bonds is 4. The van der Waals surface area contributed by atoms with Crippen LogP contribution in [0.1, 0.15) is 6.42 Å². The highest BCUT2D eigenvalue weighted by Gasteiger charge is 2.08. The Labute approximate surface area is 117 Å². The number of carbonyl (C=O) groups is 2. The Morgan fingerprint density at radius 3 is 2.95 bits per heavy atom. The van der Waals surface area contributed by atoms with Gasteiger partial charge in [0.05, 0.1) is 16.6 Å². The number of halogens is 1. The van der Waals surface area contributed by atoms with Crippen LogP contribution >= 0.6 is 22.9 Å². The Bertz CT molecular complexity index is 629. The number of urea groups is 1. The van der Waals surface area contributed by atoms with Crippen LogP contribution in [0.15, 0.2) is 18.2 Å². The lowest BCUT2D eigenvalue weighted by Crippen LogP contribution is -2.30. The number of fused-ring (bicyclic) bond motifs is 1. The Morgan fingerprint density at radius 1 is 1.42 bits per heavy atom. The van der Waals surface area contributed by atoms with E-state index in [0.29, 0.717) is 10.2 Å². The number of thiazole rings is 1. The van der Waals surface area contributed by atoms with Crippen molar-refractivity contribution in [2.75, 3.05) is 11.9 Å². The predicted molar refractivity (Wildman–Crippen MR) is 73.9 cm³/mol. The van der Waals surface area contributed by atoms with Crippen LogP contribution in [0.4, 0.5) is 9.93 Å². The van der Waals surface area contributed by atoms with Crippen molar-refractivity contribution in [1.82, 2.24) is 10.3 Å². The summed E-state index contributed by atoms with van der Waals surface area (Å²) in [7, 11) is 0. The molecule has 0 spiro atoms. The first-order valence-corrected chi connectivity index (χ1v) is 6.57. The quantitative estimate of drug-likeness (QED) is 0.809. The van der Waals surface area contributed by atoms with E-state index in [1.807, 2.05) is 0 Å². The van der Waals surface area contributed by atoms with E-state index in [-0.39, 0.29) is 13.0 Å². The molecule has 0 aliphatic carbocycles. The average molecular weight is 300 g/mol. The summed E-state index contributed by atoms with van der Waals surface area (Å²) in [6.07, 6.45) is -0.122. The first-order chi connectivity index (χ1) is 9.04. The molecule has 0 saturated heterocycles. The van der Waals surface area contributed by atoms with Crippen molar-refractivity contribution in [2.45, 2.75) is 6.42 Å². The van der Waals surface area contributed by atoms with Gasteiger partial charge in [-0.15, -0.1) is 0 Å². The third kappa shape index (κ3) is 3.80. The number of hydrogen-bond acceptors (Lipinski definition) is 4. The SMILES string of the molecule is O=C(O)CCNC(=O)Nc1nc2ccc(Cl)cc2s1. The van der Waals surface area contributed by atoms with Gasteiger partial charge >= 0.3 is 12.0 Å². The van der Waals surface area contributed by atoms with Gasteiger partial charge in [-0.05, 0) is 18.2 Å². The zero-order valence-electron chi connectivity index (χ0n) is 9.64. The molecule has 0 fully saturated rings. The third-order valence-corrected chi connectivity index (χ3v) is 3.36. The smallest absolute Gasteiger partial charge is 0.321 e. The number of benzene rings is 1. The number of carboxylic acid groups (broad SMARTS) is 1. The molecule has 0 saturated carbocycles. The molecule has 2 aromatic rings. The molecule has 100 valence electrons. The van der Waals surface area contributed by atoms with E-state index in [9.17, 15) is 9.59 Å². The summed E-state index contributed by atoms with van der Waals surface area (Å²) >= 11 is 7.15. The van der Waals surface area contributed by atoms with Gasteiger partial charge in [0.15, 0.2) is 5.13 Å². The number of amides is 2. The van der Waals surface area contributed by atoms with Crippen LogP contribution in [0.25, 0.3) is 10.2 Å². The summed E-state index contributed by atoms with van der Waals surface area (Å²) in [6, 6.07) is 4.77. The molecule has 1 heterocycles. The molecule has 6 nitrogen and oxygen atoms in total. The zero-order chi connectivity index (χ0) is 13.8. The summed E-state index contributed by atoms with van der Waals surface area (Å²) in [5.74, 6) is -0.963.